The van der Waals surface area contributed by atoms with Crippen molar-refractivity contribution in [3.63, 3.8) is 0 Å². The van der Waals surface area contributed by atoms with E-state index in [0.717, 1.165) is 51.4 Å². The lowest BCUT2D eigenvalue weighted by molar-refractivity contribution is -0.571. The van der Waals surface area contributed by atoms with Gasteiger partial charge in [0.25, 0.3) is 0 Å². The summed E-state index contributed by atoms with van der Waals surface area (Å²) in [6.45, 7) is 16.3. The van der Waals surface area contributed by atoms with E-state index in [-0.39, 0.29) is 119 Å². The molecule has 19 atom stereocenters. The minimum absolute atomic E-state index is 0.0519. The van der Waals surface area contributed by atoms with Gasteiger partial charge < -0.3 is 28.4 Å². The van der Waals surface area contributed by atoms with E-state index < -0.39 is 17.7 Å². The van der Waals surface area contributed by atoms with Crippen LogP contribution in [-0.2, 0) is 57.4 Å². The summed E-state index contributed by atoms with van der Waals surface area (Å²) < 4.78 is 37.2. The van der Waals surface area contributed by atoms with Crippen molar-refractivity contribution in [1.29, 1.82) is 0 Å². The molecule has 0 unspecified atom stereocenters. The Balaban J connectivity index is 0.980. The average molecular weight is 815 g/mol. The lowest BCUT2D eigenvalue weighted by Crippen LogP contribution is -2.70. The molecule has 12 nitrogen and oxygen atoms in total. The van der Waals surface area contributed by atoms with E-state index in [1.54, 1.807) is 0 Å². The first-order chi connectivity index (χ1) is 27.4. The van der Waals surface area contributed by atoms with Crippen LogP contribution < -0.4 is 0 Å². The van der Waals surface area contributed by atoms with Crippen molar-refractivity contribution in [2.75, 3.05) is 7.11 Å². The number of methoxy groups -OCH3 is 1. The van der Waals surface area contributed by atoms with Gasteiger partial charge in [0.15, 0.2) is 11.9 Å². The largest absolute Gasteiger partial charge is 0.469 e. The van der Waals surface area contributed by atoms with E-state index in [1.807, 2.05) is 6.92 Å². The molecular weight excluding hydrogens is 744 g/mol. The standard InChI is InChI=1S/C46H70O12/c1-24(11-15-39(49)51-9)31-13-14-34-41-35(22-38(45(31,34)8)53-28(5)48)43(6)18-16-30(20-29(43)21-37(41)52-27(4)47)54-40(50)23-36-26(3)33-12-10-25(2)32-17-19-44(7)56-42(55-36)46(32,33)58-57-44/h24-26,29-38,41-42H,10-23H2,1-9H3/t24-,25-,26-,29+,30-,31-,32+,33+,34+,35+,36-,37-,38+,41+,42-,43+,44-,45-,46-/m1/s1. The van der Waals surface area contributed by atoms with E-state index in [4.69, 9.17) is 38.2 Å². The minimum atomic E-state index is -0.875. The maximum absolute atomic E-state index is 13.9. The quantitative estimate of drug-likeness (QED) is 0.127. The second-order valence-corrected chi connectivity index (χ2v) is 20.9. The third-order valence-corrected chi connectivity index (χ3v) is 18.1. The molecule has 0 aromatic carbocycles. The van der Waals surface area contributed by atoms with Crippen molar-refractivity contribution in [3.8, 4) is 0 Å². The summed E-state index contributed by atoms with van der Waals surface area (Å²) >= 11 is 0. The van der Waals surface area contributed by atoms with Crippen LogP contribution in [0, 0.1) is 70.0 Å². The molecule has 12 heteroatoms. The van der Waals surface area contributed by atoms with Gasteiger partial charge in [0, 0.05) is 43.9 Å². The number of carbonyl (C=O) groups is 4. The van der Waals surface area contributed by atoms with Gasteiger partial charge in [-0.25, -0.2) is 9.78 Å². The van der Waals surface area contributed by atoms with Crippen LogP contribution in [0.5, 0.6) is 0 Å². The first-order valence-electron chi connectivity index (χ1n) is 22.7. The molecule has 0 radical (unpaired) electrons. The number of rotatable bonds is 9. The summed E-state index contributed by atoms with van der Waals surface area (Å²) in [5.74, 6) is 0.0959. The molecule has 4 saturated heterocycles. The fourth-order valence-electron chi connectivity index (χ4n) is 15.1. The lowest BCUT2D eigenvalue weighted by Gasteiger charge is -2.64. The molecule has 2 bridgehead atoms. The molecular formula is C46H70O12. The molecule has 9 rings (SSSR count). The SMILES string of the molecule is COC(=O)CC[C@@H](C)[C@H]1CC[C@H]2[C@@H]3[C@H](OC(C)=O)C[C@@H]4C[C@H](OC(=O)C[C@H]5O[C@@H]6O[C@@]7(C)CC[C@H]8[C@H](C)CC[C@@H]([C@H]5C)[C@@]68OO7)CC[C@]4(C)[C@H]3C[C@H](OC(C)=O)[C@]12C. The van der Waals surface area contributed by atoms with Gasteiger partial charge in [-0.05, 0) is 130 Å². The second kappa shape index (κ2) is 15.6. The zero-order valence-electron chi connectivity index (χ0n) is 36.5. The number of esters is 4. The third kappa shape index (κ3) is 6.94. The Hall–Kier alpha value is -2.28. The van der Waals surface area contributed by atoms with Crippen LogP contribution in [-0.4, -0.2) is 73.1 Å². The van der Waals surface area contributed by atoms with Crippen LogP contribution in [0.25, 0.3) is 0 Å². The van der Waals surface area contributed by atoms with Gasteiger partial charge in [-0.3, -0.25) is 19.2 Å². The molecule has 58 heavy (non-hydrogen) atoms. The highest BCUT2D eigenvalue weighted by Crippen LogP contribution is 2.70. The Labute approximate surface area is 345 Å². The van der Waals surface area contributed by atoms with Crippen molar-refractivity contribution in [1.82, 2.24) is 0 Å². The number of fused-ring (bicyclic) bond motifs is 7. The Bertz CT molecular complexity index is 1600. The van der Waals surface area contributed by atoms with Crippen LogP contribution in [0.2, 0.25) is 0 Å². The monoisotopic (exact) mass is 814 g/mol. The van der Waals surface area contributed by atoms with Gasteiger partial charge in [0.2, 0.25) is 5.79 Å². The van der Waals surface area contributed by atoms with Gasteiger partial charge in [0.1, 0.15) is 18.3 Å². The van der Waals surface area contributed by atoms with Gasteiger partial charge >= 0.3 is 23.9 Å². The normalized spacial score (nSPS) is 49.5. The van der Waals surface area contributed by atoms with Crippen LogP contribution in [0.4, 0.5) is 0 Å². The zero-order valence-corrected chi connectivity index (χ0v) is 36.5. The molecule has 5 saturated carbocycles. The van der Waals surface area contributed by atoms with Crippen LogP contribution in [0.3, 0.4) is 0 Å². The van der Waals surface area contributed by atoms with E-state index in [0.29, 0.717) is 38.0 Å². The summed E-state index contributed by atoms with van der Waals surface area (Å²) in [7, 11) is 1.43. The van der Waals surface area contributed by atoms with Crippen LogP contribution in [0.15, 0.2) is 0 Å². The second-order valence-electron chi connectivity index (χ2n) is 20.9. The number of hydrogen-bond donors (Lipinski definition) is 0. The van der Waals surface area contributed by atoms with Crippen molar-refractivity contribution in [3.05, 3.63) is 0 Å². The minimum Gasteiger partial charge on any atom is -0.469 e. The first kappa shape index (κ1) is 42.4. The molecule has 9 fully saturated rings. The summed E-state index contributed by atoms with van der Waals surface area (Å²) in [5.41, 5.74) is -1.12. The number of hydrogen-bond acceptors (Lipinski definition) is 12. The maximum Gasteiger partial charge on any atom is 0.308 e. The van der Waals surface area contributed by atoms with Crippen molar-refractivity contribution in [2.45, 2.75) is 187 Å². The highest BCUT2D eigenvalue weighted by atomic mass is 17.3. The zero-order chi connectivity index (χ0) is 41.5. The topological polar surface area (TPSA) is 142 Å². The smallest absolute Gasteiger partial charge is 0.308 e. The van der Waals surface area contributed by atoms with Gasteiger partial charge in [-0.15, -0.1) is 0 Å². The van der Waals surface area contributed by atoms with Crippen molar-refractivity contribution < 1.29 is 57.4 Å². The molecule has 0 amide bonds. The molecule has 0 aromatic rings. The maximum atomic E-state index is 13.9. The summed E-state index contributed by atoms with van der Waals surface area (Å²) in [5, 5.41) is 0. The average Bonchev–Trinajstić information content (AvgIpc) is 3.36. The van der Waals surface area contributed by atoms with Gasteiger partial charge in [-0.2, -0.15) is 0 Å². The van der Waals surface area contributed by atoms with Crippen molar-refractivity contribution in [2.24, 2.45) is 70.0 Å². The fraction of sp³-hybridized carbons (Fsp3) is 0.913. The first-order valence-corrected chi connectivity index (χ1v) is 22.7. The molecule has 9 aliphatic rings. The number of carbonyl (C=O) groups excluding carboxylic acids is 4. The Morgan fingerprint density at radius 1 is 0.776 bits per heavy atom. The molecule has 4 aliphatic heterocycles. The molecule has 4 heterocycles. The molecule has 0 aromatic heterocycles. The number of ether oxygens (including phenoxy) is 6. The summed E-state index contributed by atoms with van der Waals surface area (Å²) in [6.07, 6.45) is 8.81. The molecule has 326 valence electrons. The van der Waals surface area contributed by atoms with Crippen molar-refractivity contribution >= 4 is 23.9 Å². The van der Waals surface area contributed by atoms with Gasteiger partial charge in [-0.1, -0.05) is 34.6 Å². The van der Waals surface area contributed by atoms with E-state index in [1.165, 1.54) is 21.0 Å². The highest BCUT2D eigenvalue weighted by Gasteiger charge is 2.70. The van der Waals surface area contributed by atoms with Crippen LogP contribution >= 0.6 is 0 Å². The predicted molar refractivity (Wildman–Crippen MR) is 209 cm³/mol. The Morgan fingerprint density at radius 3 is 2.24 bits per heavy atom. The summed E-state index contributed by atoms with van der Waals surface area (Å²) in [4.78, 5) is 63.9. The Kier molecular flexibility index (Phi) is 11.4. The van der Waals surface area contributed by atoms with Crippen LogP contribution in [0.1, 0.15) is 145 Å². The lowest BCUT2D eigenvalue weighted by atomic mass is 9.43. The van der Waals surface area contributed by atoms with E-state index >= 15 is 0 Å². The molecule has 5 aliphatic carbocycles. The third-order valence-electron chi connectivity index (χ3n) is 18.1. The molecule has 1 spiro atoms. The predicted octanol–water partition coefficient (Wildman–Crippen LogP) is 7.87. The fourth-order valence-corrected chi connectivity index (χ4v) is 15.1. The molecule has 0 N–H and O–H groups in total. The van der Waals surface area contributed by atoms with Gasteiger partial charge in [0.05, 0.1) is 19.6 Å². The summed E-state index contributed by atoms with van der Waals surface area (Å²) in [6, 6.07) is 0. The Morgan fingerprint density at radius 2 is 1.52 bits per heavy atom. The van der Waals surface area contributed by atoms with E-state index in [2.05, 4.69) is 34.6 Å². The van der Waals surface area contributed by atoms with E-state index in [9.17, 15) is 19.2 Å². The highest BCUT2D eigenvalue weighted by molar-refractivity contribution is 5.70.